The molecule has 0 aliphatic heterocycles. The number of fused-ring (bicyclic) bond motifs is 5. The molecule has 2 nitrogen and oxygen atoms in total. The van der Waals surface area contributed by atoms with E-state index in [0.717, 1.165) is 55.3 Å². The molecule has 166 valence electrons. The molecular weight excluding hydrogens is 356 g/mol. The highest BCUT2D eigenvalue weighted by molar-refractivity contribution is 5.21. The topological polar surface area (TPSA) is 40.5 Å². The smallest absolute Gasteiger partial charge is 0.0682 e. The Morgan fingerprint density at radius 1 is 1.07 bits per heavy atom. The highest BCUT2D eigenvalue weighted by Crippen LogP contribution is 2.64. The summed E-state index contributed by atoms with van der Waals surface area (Å²) in [4.78, 5) is 0. The van der Waals surface area contributed by atoms with E-state index in [-0.39, 0.29) is 0 Å². The Morgan fingerprint density at radius 2 is 1.86 bits per heavy atom. The van der Waals surface area contributed by atoms with E-state index in [0.29, 0.717) is 5.41 Å². The third-order valence-corrected chi connectivity index (χ3v) is 10.0. The first kappa shape index (κ1) is 21.9. The van der Waals surface area contributed by atoms with Gasteiger partial charge in [-0.05, 0) is 119 Å². The molecule has 0 aromatic rings. The minimum Gasteiger partial charge on any atom is -0.390 e. The number of hydrogen-bond acceptors (Lipinski definition) is 2. The SMILES string of the molecule is CC[C@]1(O)CC[C@H]2C(=CC[C@@H]3[C@@H]2CC[C@]2(C)[C@@H](CCCCC(C)(C)O)CC[C@@H]32)C1. The summed E-state index contributed by atoms with van der Waals surface area (Å²) in [5.41, 5.74) is 1.25. The average Bonchev–Trinajstić information content (AvgIpc) is 3.00. The molecule has 0 heterocycles. The lowest BCUT2D eigenvalue weighted by molar-refractivity contribution is -0.0408. The van der Waals surface area contributed by atoms with E-state index < -0.39 is 11.2 Å². The van der Waals surface area contributed by atoms with Crippen LogP contribution in [-0.4, -0.2) is 21.4 Å². The molecule has 4 aliphatic carbocycles. The van der Waals surface area contributed by atoms with E-state index in [4.69, 9.17) is 0 Å². The van der Waals surface area contributed by atoms with Crippen molar-refractivity contribution in [2.75, 3.05) is 0 Å². The van der Waals surface area contributed by atoms with E-state index >= 15 is 0 Å². The first-order valence-corrected chi connectivity index (χ1v) is 12.8. The molecule has 7 atom stereocenters. The summed E-state index contributed by atoms with van der Waals surface area (Å²) in [6, 6.07) is 0. The van der Waals surface area contributed by atoms with Gasteiger partial charge in [-0.25, -0.2) is 0 Å². The third-order valence-electron chi connectivity index (χ3n) is 10.0. The van der Waals surface area contributed by atoms with Gasteiger partial charge in [0, 0.05) is 0 Å². The van der Waals surface area contributed by atoms with Crippen molar-refractivity contribution in [2.24, 2.45) is 35.0 Å². The molecule has 0 aromatic heterocycles. The van der Waals surface area contributed by atoms with Gasteiger partial charge in [-0.2, -0.15) is 0 Å². The van der Waals surface area contributed by atoms with Crippen LogP contribution >= 0.6 is 0 Å². The molecule has 0 bridgehead atoms. The zero-order valence-corrected chi connectivity index (χ0v) is 19.6. The molecular formula is C27H46O2. The lowest BCUT2D eigenvalue weighted by atomic mass is 9.51. The van der Waals surface area contributed by atoms with Crippen LogP contribution in [0.25, 0.3) is 0 Å². The maximum Gasteiger partial charge on any atom is 0.0682 e. The molecule has 0 amide bonds. The summed E-state index contributed by atoms with van der Waals surface area (Å²) in [6.07, 6.45) is 18.4. The van der Waals surface area contributed by atoms with E-state index in [1.54, 1.807) is 5.57 Å². The van der Waals surface area contributed by atoms with Crippen LogP contribution in [0.15, 0.2) is 11.6 Å². The number of rotatable bonds is 6. The van der Waals surface area contributed by atoms with Crippen molar-refractivity contribution < 1.29 is 10.2 Å². The summed E-state index contributed by atoms with van der Waals surface area (Å²) in [5, 5.41) is 20.8. The lowest BCUT2D eigenvalue weighted by Gasteiger charge is -2.54. The van der Waals surface area contributed by atoms with Gasteiger partial charge in [0.25, 0.3) is 0 Å². The Morgan fingerprint density at radius 3 is 2.59 bits per heavy atom. The van der Waals surface area contributed by atoms with Crippen LogP contribution in [0.5, 0.6) is 0 Å². The molecule has 2 heteroatoms. The van der Waals surface area contributed by atoms with Crippen molar-refractivity contribution >= 4 is 0 Å². The highest BCUT2D eigenvalue weighted by atomic mass is 16.3. The Labute approximate surface area is 179 Å². The maximum atomic E-state index is 10.8. The average molecular weight is 403 g/mol. The summed E-state index contributed by atoms with van der Waals surface area (Å²) in [7, 11) is 0. The Bertz CT molecular complexity index is 617. The molecule has 3 fully saturated rings. The van der Waals surface area contributed by atoms with Crippen molar-refractivity contribution in [1.82, 2.24) is 0 Å². The van der Waals surface area contributed by atoms with Crippen LogP contribution in [-0.2, 0) is 0 Å². The van der Waals surface area contributed by atoms with Gasteiger partial charge in [0.1, 0.15) is 0 Å². The van der Waals surface area contributed by atoms with Gasteiger partial charge < -0.3 is 10.2 Å². The normalized spacial score (nSPS) is 44.6. The molecule has 2 N–H and O–H groups in total. The van der Waals surface area contributed by atoms with Gasteiger partial charge >= 0.3 is 0 Å². The molecule has 0 aromatic carbocycles. The molecule has 4 rings (SSSR count). The van der Waals surface area contributed by atoms with Gasteiger partial charge in [0.15, 0.2) is 0 Å². The Kier molecular flexibility index (Phi) is 6.01. The number of aliphatic hydroxyl groups is 2. The van der Waals surface area contributed by atoms with Crippen LogP contribution in [0.1, 0.15) is 111 Å². The van der Waals surface area contributed by atoms with Crippen molar-refractivity contribution in [3.8, 4) is 0 Å². The van der Waals surface area contributed by atoms with Crippen LogP contribution in [0, 0.1) is 35.0 Å². The quantitative estimate of drug-likeness (QED) is 0.386. The largest absolute Gasteiger partial charge is 0.390 e. The van der Waals surface area contributed by atoms with Gasteiger partial charge in [-0.3, -0.25) is 0 Å². The summed E-state index contributed by atoms with van der Waals surface area (Å²) in [6.45, 7) is 8.67. The lowest BCUT2D eigenvalue weighted by Crippen LogP contribution is -2.47. The van der Waals surface area contributed by atoms with Gasteiger partial charge in [0.2, 0.25) is 0 Å². The zero-order valence-electron chi connectivity index (χ0n) is 19.6. The van der Waals surface area contributed by atoms with Gasteiger partial charge in [0.05, 0.1) is 11.2 Å². The molecule has 29 heavy (non-hydrogen) atoms. The minimum atomic E-state index is -0.504. The third kappa shape index (κ3) is 4.22. The second-order valence-corrected chi connectivity index (χ2v) is 12.2. The molecule has 0 saturated heterocycles. The first-order chi connectivity index (χ1) is 13.7. The second kappa shape index (κ2) is 7.97. The first-order valence-electron chi connectivity index (χ1n) is 12.8. The molecule has 0 spiro atoms. The van der Waals surface area contributed by atoms with Crippen molar-refractivity contribution in [1.29, 1.82) is 0 Å². The molecule has 0 radical (unpaired) electrons. The minimum absolute atomic E-state index is 0.417. The second-order valence-electron chi connectivity index (χ2n) is 12.2. The van der Waals surface area contributed by atoms with Crippen LogP contribution < -0.4 is 0 Å². The van der Waals surface area contributed by atoms with E-state index in [1.165, 1.54) is 57.8 Å². The number of unbranched alkanes of at least 4 members (excludes halogenated alkanes) is 1. The van der Waals surface area contributed by atoms with Crippen LogP contribution in [0.3, 0.4) is 0 Å². The molecule has 4 aliphatic rings. The highest BCUT2D eigenvalue weighted by Gasteiger charge is 2.55. The zero-order chi connectivity index (χ0) is 20.9. The van der Waals surface area contributed by atoms with Crippen molar-refractivity contribution in [3.05, 3.63) is 11.6 Å². The Hall–Kier alpha value is -0.340. The van der Waals surface area contributed by atoms with Crippen molar-refractivity contribution in [3.63, 3.8) is 0 Å². The monoisotopic (exact) mass is 402 g/mol. The number of hydrogen-bond donors (Lipinski definition) is 2. The van der Waals surface area contributed by atoms with Crippen molar-refractivity contribution in [2.45, 2.75) is 122 Å². The van der Waals surface area contributed by atoms with Gasteiger partial charge in [-0.1, -0.05) is 38.3 Å². The standard InChI is InChI=1S/C27H46O2/c1-5-27(29)17-14-21-19(18-27)9-11-23-22(21)13-16-26(4)20(10-12-24(23)26)8-6-7-15-25(2,3)28/h9,20-24,28-29H,5-8,10-18H2,1-4H3/t20-,21-,22+,23+,24-,26+,27-/m0/s1. The fraction of sp³-hybridized carbons (Fsp3) is 0.926. The van der Waals surface area contributed by atoms with E-state index in [2.05, 4.69) is 19.9 Å². The fourth-order valence-corrected chi connectivity index (χ4v) is 8.20. The summed E-state index contributed by atoms with van der Waals surface area (Å²) in [5.74, 6) is 4.39. The van der Waals surface area contributed by atoms with E-state index in [9.17, 15) is 10.2 Å². The maximum absolute atomic E-state index is 10.8. The number of allylic oxidation sites excluding steroid dienone is 1. The van der Waals surface area contributed by atoms with E-state index in [1.807, 2.05) is 13.8 Å². The summed E-state index contributed by atoms with van der Waals surface area (Å²) < 4.78 is 0. The van der Waals surface area contributed by atoms with Gasteiger partial charge in [-0.15, -0.1) is 0 Å². The fourth-order valence-electron chi connectivity index (χ4n) is 8.20. The summed E-state index contributed by atoms with van der Waals surface area (Å²) >= 11 is 0. The Balaban J connectivity index is 1.40. The van der Waals surface area contributed by atoms with Crippen LogP contribution in [0.4, 0.5) is 0 Å². The van der Waals surface area contributed by atoms with Crippen LogP contribution in [0.2, 0.25) is 0 Å². The predicted octanol–water partition coefficient (Wildman–Crippen LogP) is 6.65. The molecule has 3 saturated carbocycles. The molecule has 0 unspecified atom stereocenters. The predicted molar refractivity (Wildman–Crippen MR) is 121 cm³/mol.